The Morgan fingerprint density at radius 1 is 1.14 bits per heavy atom. The summed E-state index contributed by atoms with van der Waals surface area (Å²) in [6.07, 6.45) is 5.57. The standard InChI is InChI=1S/C17H19N3S/c1-17(2,3)14-6-4-13(5-7-14)15-11-21-16(19-15)10-20-9-8-18-12-20/h4-9,11-12H,10H2,1-3H3. The van der Waals surface area contributed by atoms with E-state index in [9.17, 15) is 0 Å². The minimum Gasteiger partial charge on any atom is -0.331 e. The van der Waals surface area contributed by atoms with E-state index in [2.05, 4.69) is 55.4 Å². The lowest BCUT2D eigenvalue weighted by Gasteiger charge is -2.18. The van der Waals surface area contributed by atoms with Crippen LogP contribution >= 0.6 is 11.3 Å². The van der Waals surface area contributed by atoms with Crippen LogP contribution in [-0.2, 0) is 12.0 Å². The van der Waals surface area contributed by atoms with Crippen LogP contribution in [0.4, 0.5) is 0 Å². The molecule has 2 heterocycles. The molecule has 0 spiro atoms. The Labute approximate surface area is 129 Å². The first-order chi connectivity index (χ1) is 10.0. The predicted octanol–water partition coefficient (Wildman–Crippen LogP) is 4.35. The molecule has 1 aromatic carbocycles. The van der Waals surface area contributed by atoms with Gasteiger partial charge in [0, 0.05) is 23.3 Å². The summed E-state index contributed by atoms with van der Waals surface area (Å²) in [4.78, 5) is 8.77. The third-order valence-electron chi connectivity index (χ3n) is 3.48. The molecule has 3 aromatic rings. The van der Waals surface area contributed by atoms with E-state index < -0.39 is 0 Å². The first-order valence-electron chi connectivity index (χ1n) is 7.03. The molecule has 0 aliphatic heterocycles. The van der Waals surface area contributed by atoms with Crippen LogP contribution in [0.5, 0.6) is 0 Å². The van der Waals surface area contributed by atoms with Crippen molar-refractivity contribution in [2.75, 3.05) is 0 Å². The third-order valence-corrected chi connectivity index (χ3v) is 4.31. The van der Waals surface area contributed by atoms with E-state index in [1.807, 2.05) is 17.1 Å². The van der Waals surface area contributed by atoms with Gasteiger partial charge in [-0.05, 0) is 11.0 Å². The minimum atomic E-state index is 0.188. The summed E-state index contributed by atoms with van der Waals surface area (Å²) in [5.41, 5.74) is 3.76. The molecule has 0 saturated heterocycles. The molecule has 0 fully saturated rings. The molecule has 0 radical (unpaired) electrons. The van der Waals surface area contributed by atoms with Gasteiger partial charge < -0.3 is 4.57 Å². The number of rotatable bonds is 3. The van der Waals surface area contributed by atoms with Gasteiger partial charge in [0.05, 0.1) is 18.6 Å². The Balaban J connectivity index is 1.80. The normalized spacial score (nSPS) is 11.8. The lowest BCUT2D eigenvalue weighted by atomic mass is 9.86. The molecule has 0 aliphatic carbocycles. The van der Waals surface area contributed by atoms with Crippen molar-refractivity contribution in [3.05, 3.63) is 58.9 Å². The summed E-state index contributed by atoms with van der Waals surface area (Å²) >= 11 is 1.69. The van der Waals surface area contributed by atoms with Crippen LogP contribution in [-0.4, -0.2) is 14.5 Å². The van der Waals surface area contributed by atoms with Gasteiger partial charge in [-0.2, -0.15) is 0 Å². The molecule has 0 unspecified atom stereocenters. The van der Waals surface area contributed by atoms with Gasteiger partial charge in [-0.25, -0.2) is 9.97 Å². The highest BCUT2D eigenvalue weighted by atomic mass is 32.1. The number of hydrogen-bond donors (Lipinski definition) is 0. The van der Waals surface area contributed by atoms with Crippen LogP contribution < -0.4 is 0 Å². The topological polar surface area (TPSA) is 30.7 Å². The van der Waals surface area contributed by atoms with Crippen molar-refractivity contribution in [2.24, 2.45) is 0 Å². The van der Waals surface area contributed by atoms with Crippen LogP contribution in [0.25, 0.3) is 11.3 Å². The number of thiazole rings is 1. The molecular weight excluding hydrogens is 278 g/mol. The quantitative estimate of drug-likeness (QED) is 0.719. The van der Waals surface area contributed by atoms with Gasteiger partial charge in [0.2, 0.25) is 0 Å². The maximum Gasteiger partial charge on any atom is 0.113 e. The van der Waals surface area contributed by atoms with Gasteiger partial charge >= 0.3 is 0 Å². The Kier molecular flexibility index (Phi) is 3.64. The molecule has 21 heavy (non-hydrogen) atoms. The molecule has 3 nitrogen and oxygen atoms in total. The Morgan fingerprint density at radius 2 is 1.90 bits per heavy atom. The lowest BCUT2D eigenvalue weighted by Crippen LogP contribution is -2.10. The van der Waals surface area contributed by atoms with E-state index in [0.29, 0.717) is 0 Å². The second kappa shape index (κ2) is 5.45. The molecule has 0 saturated carbocycles. The fraction of sp³-hybridized carbons (Fsp3) is 0.294. The van der Waals surface area contributed by atoms with Crippen molar-refractivity contribution < 1.29 is 0 Å². The molecule has 3 rings (SSSR count). The first kappa shape index (κ1) is 14.0. The van der Waals surface area contributed by atoms with Crippen LogP contribution in [0, 0.1) is 0 Å². The summed E-state index contributed by atoms with van der Waals surface area (Å²) < 4.78 is 2.03. The van der Waals surface area contributed by atoms with Crippen LogP contribution in [0.1, 0.15) is 31.3 Å². The van der Waals surface area contributed by atoms with Gasteiger partial charge in [0.25, 0.3) is 0 Å². The maximum absolute atomic E-state index is 4.72. The second-order valence-corrected chi connectivity index (χ2v) is 7.13. The summed E-state index contributed by atoms with van der Waals surface area (Å²) in [6, 6.07) is 8.72. The van der Waals surface area contributed by atoms with Crippen molar-refractivity contribution in [1.82, 2.24) is 14.5 Å². The highest BCUT2D eigenvalue weighted by Gasteiger charge is 2.13. The summed E-state index contributed by atoms with van der Waals surface area (Å²) in [5.74, 6) is 0. The zero-order chi connectivity index (χ0) is 14.9. The number of benzene rings is 1. The number of imidazole rings is 1. The fourth-order valence-electron chi connectivity index (χ4n) is 2.19. The van der Waals surface area contributed by atoms with Crippen molar-refractivity contribution in [1.29, 1.82) is 0 Å². The average Bonchev–Trinajstić information content (AvgIpc) is 3.10. The molecule has 0 atom stereocenters. The molecule has 4 heteroatoms. The Bertz CT molecular complexity index is 703. The van der Waals surface area contributed by atoms with Gasteiger partial charge in [0.1, 0.15) is 5.01 Å². The molecular formula is C17H19N3S. The molecule has 0 N–H and O–H groups in total. The fourth-order valence-corrected chi connectivity index (χ4v) is 3.00. The van der Waals surface area contributed by atoms with Crippen LogP contribution in [0.2, 0.25) is 0 Å². The van der Waals surface area contributed by atoms with Crippen molar-refractivity contribution in [2.45, 2.75) is 32.7 Å². The molecule has 108 valence electrons. The number of nitrogens with zero attached hydrogens (tertiary/aromatic N) is 3. The second-order valence-electron chi connectivity index (χ2n) is 6.19. The third kappa shape index (κ3) is 3.22. The predicted molar refractivity (Wildman–Crippen MR) is 87.6 cm³/mol. The molecule has 2 aromatic heterocycles. The van der Waals surface area contributed by atoms with Gasteiger partial charge in [-0.1, -0.05) is 45.0 Å². The molecule has 0 aliphatic rings. The zero-order valence-electron chi connectivity index (χ0n) is 12.6. The SMILES string of the molecule is CC(C)(C)c1ccc(-c2csc(Cn3ccnc3)n2)cc1. The van der Waals surface area contributed by atoms with Crippen molar-refractivity contribution in [3.63, 3.8) is 0 Å². The van der Waals surface area contributed by atoms with E-state index >= 15 is 0 Å². The number of aromatic nitrogens is 3. The highest BCUT2D eigenvalue weighted by molar-refractivity contribution is 7.09. The van der Waals surface area contributed by atoms with Crippen LogP contribution in [0.15, 0.2) is 48.4 Å². The Morgan fingerprint density at radius 3 is 2.52 bits per heavy atom. The van der Waals surface area contributed by atoms with Gasteiger partial charge in [0.15, 0.2) is 0 Å². The van der Waals surface area contributed by atoms with Crippen LogP contribution in [0.3, 0.4) is 0 Å². The van der Waals surface area contributed by atoms with Crippen molar-refractivity contribution >= 4 is 11.3 Å². The highest BCUT2D eigenvalue weighted by Crippen LogP contribution is 2.27. The van der Waals surface area contributed by atoms with E-state index in [4.69, 9.17) is 4.98 Å². The monoisotopic (exact) mass is 297 g/mol. The molecule has 0 bridgehead atoms. The Hall–Kier alpha value is -1.94. The van der Waals surface area contributed by atoms with Gasteiger partial charge in [-0.3, -0.25) is 0 Å². The first-order valence-corrected chi connectivity index (χ1v) is 7.91. The zero-order valence-corrected chi connectivity index (χ0v) is 13.4. The van der Waals surface area contributed by atoms with E-state index in [1.54, 1.807) is 17.5 Å². The van der Waals surface area contributed by atoms with E-state index in [1.165, 1.54) is 11.1 Å². The van der Waals surface area contributed by atoms with E-state index in [-0.39, 0.29) is 5.41 Å². The molecule has 0 amide bonds. The summed E-state index contributed by atoms with van der Waals surface area (Å²) in [7, 11) is 0. The average molecular weight is 297 g/mol. The van der Waals surface area contributed by atoms with E-state index in [0.717, 1.165) is 17.2 Å². The number of hydrogen-bond acceptors (Lipinski definition) is 3. The van der Waals surface area contributed by atoms with Gasteiger partial charge in [-0.15, -0.1) is 11.3 Å². The van der Waals surface area contributed by atoms with Crippen molar-refractivity contribution in [3.8, 4) is 11.3 Å². The lowest BCUT2D eigenvalue weighted by molar-refractivity contribution is 0.590. The summed E-state index contributed by atoms with van der Waals surface area (Å²) in [6.45, 7) is 7.47. The maximum atomic E-state index is 4.72. The minimum absolute atomic E-state index is 0.188. The smallest absolute Gasteiger partial charge is 0.113 e. The summed E-state index contributed by atoms with van der Waals surface area (Å²) in [5, 5.41) is 3.22. The largest absolute Gasteiger partial charge is 0.331 e.